The zero-order chi connectivity index (χ0) is 28.9. The molecule has 2 heterocycles. The number of ether oxygens (including phenoxy) is 6. The highest BCUT2D eigenvalue weighted by atomic mass is 35.5. The second-order valence-electron chi connectivity index (χ2n) is 9.89. The number of hydrogen-bond donors (Lipinski definition) is 6. The Morgan fingerprint density at radius 3 is 2.59 bits per heavy atom. The van der Waals surface area contributed by atoms with Crippen LogP contribution in [0.4, 0.5) is 5.69 Å². The van der Waals surface area contributed by atoms with Crippen molar-refractivity contribution in [3.05, 3.63) is 28.8 Å². The molecule has 0 aromatic heterocycles. The molecule has 2 fully saturated rings. The van der Waals surface area contributed by atoms with Gasteiger partial charge in [-0.15, -0.1) is 0 Å². The Hall–Kier alpha value is -1.46. The van der Waals surface area contributed by atoms with E-state index in [2.05, 4.69) is 5.32 Å². The number of aliphatic hydroxyl groups excluding tert-OH is 5. The Labute approximate surface area is 231 Å². The van der Waals surface area contributed by atoms with E-state index >= 15 is 0 Å². The summed E-state index contributed by atoms with van der Waals surface area (Å²) in [5, 5.41) is 55.8. The van der Waals surface area contributed by atoms with Gasteiger partial charge in [0.25, 0.3) is 0 Å². The molecule has 9 atom stereocenters. The molecule has 0 aliphatic carbocycles. The average molecular weight is 580 g/mol. The molecule has 2 saturated heterocycles. The molecule has 1 aromatic carbocycles. The first-order valence-corrected chi connectivity index (χ1v) is 12.9. The summed E-state index contributed by atoms with van der Waals surface area (Å²) >= 11 is 6.09. The summed E-state index contributed by atoms with van der Waals surface area (Å²) in [6.07, 6.45) is -12.1. The van der Waals surface area contributed by atoms with Crippen LogP contribution in [0.15, 0.2) is 18.2 Å². The van der Waals surface area contributed by atoms with Gasteiger partial charge in [0.15, 0.2) is 18.4 Å². The fourth-order valence-corrected chi connectivity index (χ4v) is 4.58. The number of benzene rings is 1. The van der Waals surface area contributed by atoms with Crippen LogP contribution in [0.25, 0.3) is 0 Å². The van der Waals surface area contributed by atoms with Crippen LogP contribution in [0.5, 0.6) is 0 Å². The zero-order valence-corrected chi connectivity index (χ0v) is 23.0. The molecule has 3 rings (SSSR count). The first-order chi connectivity index (χ1) is 18.4. The van der Waals surface area contributed by atoms with Crippen molar-refractivity contribution < 1.29 is 58.7 Å². The normalized spacial score (nSPS) is 31.3. The van der Waals surface area contributed by atoms with Crippen molar-refractivity contribution in [2.24, 2.45) is 0 Å². The summed E-state index contributed by atoms with van der Waals surface area (Å²) < 4.78 is 33.4. The third-order valence-corrected chi connectivity index (χ3v) is 6.73. The lowest BCUT2D eigenvalue weighted by molar-refractivity contribution is -0.342. The number of amides is 1. The van der Waals surface area contributed by atoms with Crippen LogP contribution in [0, 0.1) is 0 Å². The number of halogens is 1. The summed E-state index contributed by atoms with van der Waals surface area (Å²) in [5.74, 6) is -1.27. The van der Waals surface area contributed by atoms with Crippen LogP contribution in [-0.2, 0) is 39.8 Å². The minimum Gasteiger partial charge on any atom is -0.394 e. The molecule has 14 heteroatoms. The van der Waals surface area contributed by atoms with E-state index in [1.54, 1.807) is 32.0 Å². The summed E-state index contributed by atoms with van der Waals surface area (Å²) in [6, 6.07) is 4.80. The van der Waals surface area contributed by atoms with Crippen LogP contribution >= 0.6 is 11.6 Å². The lowest BCUT2D eigenvalue weighted by Gasteiger charge is -2.44. The van der Waals surface area contributed by atoms with Gasteiger partial charge in [0, 0.05) is 14.0 Å². The van der Waals surface area contributed by atoms with E-state index in [-0.39, 0.29) is 12.5 Å². The maximum absolute atomic E-state index is 11.4. The van der Waals surface area contributed by atoms with Crippen molar-refractivity contribution >= 4 is 23.2 Å². The van der Waals surface area contributed by atoms with E-state index in [9.17, 15) is 30.3 Å². The second-order valence-corrected chi connectivity index (χ2v) is 10.3. The molecule has 0 saturated carbocycles. The second kappa shape index (κ2) is 13.9. The van der Waals surface area contributed by atoms with Gasteiger partial charge in [-0.3, -0.25) is 4.79 Å². The molecule has 2 aliphatic rings. The lowest BCUT2D eigenvalue weighted by Crippen LogP contribution is -2.62. The maximum atomic E-state index is 11.4. The quantitative estimate of drug-likeness (QED) is 0.191. The zero-order valence-electron chi connectivity index (χ0n) is 22.2. The van der Waals surface area contributed by atoms with Crippen molar-refractivity contribution in [2.75, 3.05) is 25.6 Å². The highest BCUT2D eigenvalue weighted by Crippen LogP contribution is 2.30. The standard InChI is InChI=1S/C25H38ClNO12/c1-12(29)27-15-9-13(5-6-14(15)26)11-35-24-21(33)19(31)22(17(10-28)37-24)38-23(34-4)20(32)18(30)16-7-8-36-25(2,3)39-16/h5-6,9,16-24,28,30-33H,7-8,10-11H2,1-4H3,(H,27,29). The van der Waals surface area contributed by atoms with Gasteiger partial charge in [0.05, 0.1) is 36.6 Å². The molecular formula is C25H38ClNO12. The van der Waals surface area contributed by atoms with Crippen LogP contribution in [-0.4, -0.2) is 113 Å². The SMILES string of the molecule is COC(OC1C(CO)OC(OCc2ccc(Cl)c(NC(C)=O)c2)C(O)C1O)C(O)C(O)C1CCOC(C)(C)O1. The number of methoxy groups -OCH3 is 1. The summed E-state index contributed by atoms with van der Waals surface area (Å²) in [7, 11) is 1.23. The van der Waals surface area contributed by atoms with Gasteiger partial charge in [0.1, 0.15) is 36.6 Å². The van der Waals surface area contributed by atoms with Gasteiger partial charge in [-0.25, -0.2) is 0 Å². The molecular weight excluding hydrogens is 542 g/mol. The number of anilines is 1. The van der Waals surface area contributed by atoms with E-state index in [1.165, 1.54) is 14.0 Å². The molecule has 9 unspecified atom stereocenters. The first-order valence-electron chi connectivity index (χ1n) is 12.5. The molecule has 2 aliphatic heterocycles. The van der Waals surface area contributed by atoms with Gasteiger partial charge < -0.3 is 59.3 Å². The topological polar surface area (TPSA) is 186 Å². The average Bonchev–Trinajstić information content (AvgIpc) is 2.88. The van der Waals surface area contributed by atoms with Crippen molar-refractivity contribution in [3.63, 3.8) is 0 Å². The largest absolute Gasteiger partial charge is 0.394 e. The molecule has 39 heavy (non-hydrogen) atoms. The van der Waals surface area contributed by atoms with Gasteiger partial charge >= 0.3 is 0 Å². The molecule has 0 spiro atoms. The Morgan fingerprint density at radius 1 is 1.26 bits per heavy atom. The smallest absolute Gasteiger partial charge is 0.221 e. The number of rotatable bonds is 11. The minimum absolute atomic E-state index is 0.0884. The lowest BCUT2D eigenvalue weighted by atomic mass is 9.98. The number of aliphatic hydroxyl groups is 5. The van der Waals surface area contributed by atoms with Crippen molar-refractivity contribution in [3.8, 4) is 0 Å². The third kappa shape index (κ3) is 8.28. The molecule has 1 aromatic rings. The van der Waals surface area contributed by atoms with Crippen molar-refractivity contribution in [1.29, 1.82) is 0 Å². The molecule has 0 radical (unpaired) electrons. The van der Waals surface area contributed by atoms with Gasteiger partial charge in [0.2, 0.25) is 5.91 Å². The van der Waals surface area contributed by atoms with Crippen LogP contribution in [0.1, 0.15) is 32.8 Å². The Kier molecular flexibility index (Phi) is 11.5. The van der Waals surface area contributed by atoms with Gasteiger partial charge in [-0.2, -0.15) is 0 Å². The monoisotopic (exact) mass is 579 g/mol. The molecule has 6 N–H and O–H groups in total. The Bertz CT molecular complexity index is 950. The van der Waals surface area contributed by atoms with E-state index in [0.717, 1.165) is 0 Å². The molecule has 13 nitrogen and oxygen atoms in total. The first kappa shape index (κ1) is 32.1. The van der Waals surface area contributed by atoms with Crippen LogP contribution in [0.2, 0.25) is 5.02 Å². The van der Waals surface area contributed by atoms with Gasteiger partial charge in [-0.05, 0) is 38.0 Å². The predicted octanol–water partition coefficient (Wildman–Crippen LogP) is -0.125. The molecule has 1 amide bonds. The van der Waals surface area contributed by atoms with Crippen LogP contribution < -0.4 is 5.32 Å². The number of hydrogen-bond acceptors (Lipinski definition) is 12. The highest BCUT2D eigenvalue weighted by molar-refractivity contribution is 6.33. The molecule has 0 bridgehead atoms. The minimum atomic E-state index is -1.62. The summed E-state index contributed by atoms with van der Waals surface area (Å²) in [6.45, 7) is 4.29. The molecule has 222 valence electrons. The predicted molar refractivity (Wildman–Crippen MR) is 136 cm³/mol. The van der Waals surface area contributed by atoms with Gasteiger partial charge in [-0.1, -0.05) is 17.7 Å². The number of carbonyl (C=O) groups is 1. The summed E-state index contributed by atoms with van der Waals surface area (Å²) in [5.41, 5.74) is 0.959. The third-order valence-electron chi connectivity index (χ3n) is 6.40. The Balaban J connectivity index is 1.64. The fraction of sp³-hybridized carbons (Fsp3) is 0.720. The van der Waals surface area contributed by atoms with E-state index in [0.29, 0.717) is 29.3 Å². The Morgan fingerprint density at radius 2 is 1.97 bits per heavy atom. The highest BCUT2D eigenvalue weighted by Gasteiger charge is 2.48. The maximum Gasteiger partial charge on any atom is 0.221 e. The summed E-state index contributed by atoms with van der Waals surface area (Å²) in [4.78, 5) is 11.4. The van der Waals surface area contributed by atoms with E-state index in [1.807, 2.05) is 0 Å². The number of carbonyl (C=O) groups excluding carboxylic acids is 1. The number of nitrogens with one attached hydrogen (secondary N) is 1. The van der Waals surface area contributed by atoms with Crippen molar-refractivity contribution in [2.45, 2.75) is 94.9 Å². The van der Waals surface area contributed by atoms with Crippen molar-refractivity contribution in [1.82, 2.24) is 0 Å². The van der Waals surface area contributed by atoms with E-state index in [4.69, 9.17) is 40.0 Å². The fourth-order valence-electron chi connectivity index (χ4n) is 4.41. The van der Waals surface area contributed by atoms with E-state index < -0.39 is 67.7 Å². The van der Waals surface area contributed by atoms with Crippen LogP contribution in [0.3, 0.4) is 0 Å².